The monoisotopic (exact) mass is 675 g/mol. The van der Waals surface area contributed by atoms with E-state index in [4.69, 9.17) is 19.4 Å². The van der Waals surface area contributed by atoms with E-state index in [-0.39, 0.29) is 24.9 Å². The number of carbonyl (C=O) groups is 2. The maximum atomic E-state index is 13.9. The number of fused-ring (bicyclic) bond motifs is 2. The number of pyridine rings is 1. The van der Waals surface area contributed by atoms with Gasteiger partial charge < -0.3 is 24.8 Å². The molecule has 4 aromatic rings. The summed E-state index contributed by atoms with van der Waals surface area (Å²) in [5.41, 5.74) is 2.12. The first kappa shape index (κ1) is 34.4. The van der Waals surface area contributed by atoms with Crippen LogP contribution < -0.4 is 10.2 Å². The Morgan fingerprint density at radius 1 is 1.06 bits per heavy atom. The quantitative estimate of drug-likeness (QED) is 0.236. The minimum Gasteiger partial charge on any atom is -0.444 e. The first-order valence-corrected chi connectivity index (χ1v) is 17.2. The van der Waals surface area contributed by atoms with Crippen molar-refractivity contribution in [3.63, 3.8) is 0 Å². The molecular formula is C35H49N9O5. The minimum absolute atomic E-state index is 0.0343. The van der Waals surface area contributed by atoms with E-state index < -0.39 is 29.5 Å². The number of hydrogen-bond acceptors (Lipinski definition) is 10. The molecule has 1 aliphatic heterocycles. The van der Waals surface area contributed by atoms with Gasteiger partial charge in [0, 0.05) is 36.8 Å². The molecule has 0 radical (unpaired) electrons. The van der Waals surface area contributed by atoms with Gasteiger partial charge in [0.25, 0.3) is 0 Å². The SMILES string of the molecule is CC(C)c1cnn2c(N(Cc3nc4cc(C5CC5)ccn4n3)C(=O)OC(C)(C)C)cc(NC[C@H]3CCN(C(=O)OC(C)(C)C)C[C@@H]3O)nc12. The number of rotatable bonds is 8. The predicted octanol–water partition coefficient (Wildman–Crippen LogP) is 5.74. The van der Waals surface area contributed by atoms with Crippen LogP contribution in [0.2, 0.25) is 0 Å². The Hall–Kier alpha value is -4.46. The molecule has 2 amide bonds. The number of aliphatic hydroxyl groups is 1. The number of anilines is 2. The van der Waals surface area contributed by atoms with Crippen LogP contribution in [0.5, 0.6) is 0 Å². The highest BCUT2D eigenvalue weighted by molar-refractivity contribution is 5.88. The van der Waals surface area contributed by atoms with Gasteiger partial charge in [-0.1, -0.05) is 13.8 Å². The van der Waals surface area contributed by atoms with Gasteiger partial charge in [0.2, 0.25) is 0 Å². The number of nitrogens with one attached hydrogen (secondary N) is 1. The molecule has 14 nitrogen and oxygen atoms in total. The zero-order chi connectivity index (χ0) is 35.2. The summed E-state index contributed by atoms with van der Waals surface area (Å²) in [7, 11) is 0. The fourth-order valence-corrected chi connectivity index (χ4v) is 5.98. The normalized spacial score (nSPS) is 18.7. The Labute approximate surface area is 286 Å². The molecular weight excluding hydrogens is 626 g/mol. The average molecular weight is 676 g/mol. The second kappa shape index (κ2) is 13.1. The fraction of sp³-hybridized carbons (Fsp3) is 0.600. The summed E-state index contributed by atoms with van der Waals surface area (Å²) >= 11 is 0. The Morgan fingerprint density at radius 2 is 1.80 bits per heavy atom. The molecule has 1 aliphatic carbocycles. The summed E-state index contributed by atoms with van der Waals surface area (Å²) in [6.45, 7) is 16.2. The van der Waals surface area contributed by atoms with Gasteiger partial charge in [-0.15, -0.1) is 5.10 Å². The van der Waals surface area contributed by atoms with Crippen molar-refractivity contribution in [2.45, 2.75) is 110 Å². The van der Waals surface area contributed by atoms with Crippen molar-refractivity contribution in [2.75, 3.05) is 29.9 Å². The van der Waals surface area contributed by atoms with Crippen LogP contribution in [-0.2, 0) is 16.0 Å². The topological polar surface area (TPSA) is 152 Å². The molecule has 2 aliphatic rings. The van der Waals surface area contributed by atoms with E-state index in [9.17, 15) is 14.7 Å². The minimum atomic E-state index is -0.758. The molecule has 0 bridgehead atoms. The second-order valence-corrected chi connectivity index (χ2v) is 15.5. The number of aromatic nitrogens is 6. The molecule has 5 heterocycles. The van der Waals surface area contributed by atoms with E-state index in [1.165, 1.54) is 23.3 Å². The summed E-state index contributed by atoms with van der Waals surface area (Å²) in [5, 5.41) is 23.8. The Bertz CT molecular complexity index is 1830. The van der Waals surface area contributed by atoms with Gasteiger partial charge in [-0.3, -0.25) is 4.90 Å². The van der Waals surface area contributed by atoms with E-state index >= 15 is 0 Å². The lowest BCUT2D eigenvalue weighted by atomic mass is 9.94. The third-order valence-electron chi connectivity index (χ3n) is 8.66. The number of ether oxygens (including phenoxy) is 2. The van der Waals surface area contributed by atoms with Gasteiger partial charge in [0.15, 0.2) is 17.1 Å². The van der Waals surface area contributed by atoms with Crippen LogP contribution in [0, 0.1) is 5.92 Å². The molecule has 2 fully saturated rings. The van der Waals surface area contributed by atoms with Gasteiger partial charge >= 0.3 is 12.2 Å². The molecule has 49 heavy (non-hydrogen) atoms. The lowest BCUT2D eigenvalue weighted by Gasteiger charge is -2.36. The number of carbonyl (C=O) groups excluding carboxylic acids is 2. The number of β-amino-alcohol motifs (C(OH)–C–C–N with tert-alkyl or cyclic N) is 1. The Kier molecular flexibility index (Phi) is 9.20. The maximum Gasteiger partial charge on any atom is 0.416 e. The van der Waals surface area contributed by atoms with Gasteiger partial charge in [-0.25, -0.2) is 24.1 Å². The molecule has 4 aromatic heterocycles. The van der Waals surface area contributed by atoms with Crippen molar-refractivity contribution in [3.05, 3.63) is 47.5 Å². The summed E-state index contributed by atoms with van der Waals surface area (Å²) < 4.78 is 14.8. The highest BCUT2D eigenvalue weighted by Crippen LogP contribution is 2.40. The largest absolute Gasteiger partial charge is 0.444 e. The van der Waals surface area contributed by atoms with Crippen LogP contribution in [0.25, 0.3) is 11.3 Å². The summed E-state index contributed by atoms with van der Waals surface area (Å²) in [4.78, 5) is 39.3. The predicted molar refractivity (Wildman–Crippen MR) is 185 cm³/mol. The molecule has 1 saturated carbocycles. The number of likely N-dealkylation sites (tertiary alicyclic amines) is 1. The number of nitrogens with zero attached hydrogens (tertiary/aromatic N) is 8. The molecule has 0 unspecified atom stereocenters. The van der Waals surface area contributed by atoms with Gasteiger partial charge in [0.05, 0.1) is 25.4 Å². The zero-order valence-corrected chi connectivity index (χ0v) is 29.8. The summed E-state index contributed by atoms with van der Waals surface area (Å²) in [5.74, 6) is 1.95. The van der Waals surface area contributed by atoms with Crippen molar-refractivity contribution in [2.24, 2.45) is 5.92 Å². The molecule has 2 atom stereocenters. The van der Waals surface area contributed by atoms with Gasteiger partial charge in [-0.05, 0) is 90.3 Å². The summed E-state index contributed by atoms with van der Waals surface area (Å²) in [6, 6.07) is 5.90. The molecule has 0 aromatic carbocycles. The molecule has 0 spiro atoms. The molecule has 6 rings (SSSR count). The molecule has 14 heteroatoms. The van der Waals surface area contributed by atoms with Crippen molar-refractivity contribution >= 4 is 35.1 Å². The Balaban J connectivity index is 1.29. The van der Waals surface area contributed by atoms with E-state index in [1.807, 2.05) is 47.7 Å². The van der Waals surface area contributed by atoms with Crippen LogP contribution in [0.1, 0.15) is 103 Å². The van der Waals surface area contributed by atoms with E-state index in [0.717, 1.165) is 11.2 Å². The molecule has 2 N–H and O–H groups in total. The van der Waals surface area contributed by atoms with Crippen molar-refractivity contribution in [3.8, 4) is 0 Å². The van der Waals surface area contributed by atoms with Crippen LogP contribution in [0.15, 0.2) is 30.6 Å². The molecule has 1 saturated heterocycles. The first-order chi connectivity index (χ1) is 23.0. The number of piperidine rings is 1. The van der Waals surface area contributed by atoms with Crippen LogP contribution in [-0.4, -0.2) is 88.3 Å². The van der Waals surface area contributed by atoms with Crippen LogP contribution in [0.3, 0.4) is 0 Å². The number of hydrogen-bond donors (Lipinski definition) is 2. The highest BCUT2D eigenvalue weighted by atomic mass is 16.6. The van der Waals surface area contributed by atoms with Crippen molar-refractivity contribution in [1.82, 2.24) is 34.1 Å². The Morgan fingerprint density at radius 3 is 2.45 bits per heavy atom. The number of aliphatic hydroxyl groups excluding tert-OH is 1. The standard InChI is InChI=1S/C35H49N9O5/c1-21(2)25-18-37-44-30(16-27(39-31(25)44)36-17-24-11-13-41(19-26(24)45)32(46)48-34(3,4)5)42(33(47)49-35(6,7)8)20-28-38-29-15-23(22-9-10-22)12-14-43(29)40-28/h12,14-16,18,21-22,24,26,45H,9-11,13,17,19-20H2,1-8H3,(H,36,39)/t24-,26+/m1/s1. The maximum absolute atomic E-state index is 13.9. The average Bonchev–Trinajstić information content (AvgIpc) is 3.63. The zero-order valence-electron chi connectivity index (χ0n) is 29.8. The van der Waals surface area contributed by atoms with Crippen LogP contribution in [0.4, 0.5) is 21.2 Å². The van der Waals surface area contributed by atoms with E-state index in [1.54, 1.807) is 26.2 Å². The first-order valence-electron chi connectivity index (χ1n) is 17.2. The second-order valence-electron chi connectivity index (χ2n) is 15.5. The van der Waals surface area contributed by atoms with E-state index in [2.05, 4.69) is 41.5 Å². The van der Waals surface area contributed by atoms with E-state index in [0.29, 0.717) is 48.5 Å². The van der Waals surface area contributed by atoms with Crippen LogP contribution >= 0.6 is 0 Å². The van der Waals surface area contributed by atoms with Crippen molar-refractivity contribution < 1.29 is 24.2 Å². The smallest absolute Gasteiger partial charge is 0.416 e. The van der Waals surface area contributed by atoms with Crippen molar-refractivity contribution in [1.29, 1.82) is 0 Å². The third kappa shape index (κ3) is 8.06. The third-order valence-corrected chi connectivity index (χ3v) is 8.66. The summed E-state index contributed by atoms with van der Waals surface area (Å²) in [6.07, 6.45) is 4.88. The molecule has 264 valence electrons. The fourth-order valence-electron chi connectivity index (χ4n) is 5.98. The lowest BCUT2D eigenvalue weighted by Crippen LogP contribution is -2.49. The van der Waals surface area contributed by atoms with Gasteiger partial charge in [0.1, 0.15) is 22.8 Å². The van der Waals surface area contributed by atoms with Gasteiger partial charge in [-0.2, -0.15) is 9.61 Å². The number of amides is 2. The highest BCUT2D eigenvalue weighted by Gasteiger charge is 2.33. The lowest BCUT2D eigenvalue weighted by molar-refractivity contribution is -0.0104.